The molecule has 0 heterocycles. The Morgan fingerprint density at radius 1 is 1.50 bits per heavy atom. The summed E-state index contributed by atoms with van der Waals surface area (Å²) < 4.78 is 33.5. The Labute approximate surface area is 83.5 Å². The lowest BCUT2D eigenvalue weighted by Crippen LogP contribution is -2.09. The summed E-state index contributed by atoms with van der Waals surface area (Å²) in [6, 6.07) is 0. The number of carbonyl (C=O) groups excluding carboxylic acids is 1. The van der Waals surface area contributed by atoms with Crippen molar-refractivity contribution in [2.75, 3.05) is 12.4 Å². The summed E-state index contributed by atoms with van der Waals surface area (Å²) in [7, 11) is -3.95. The molecule has 6 heteroatoms. The molecule has 0 radical (unpaired) electrons. The Morgan fingerprint density at radius 3 is 2.64 bits per heavy atom. The van der Waals surface area contributed by atoms with Crippen LogP contribution < -0.4 is 0 Å². The quantitative estimate of drug-likeness (QED) is 0.311. The molecule has 0 spiro atoms. The zero-order valence-corrected chi connectivity index (χ0v) is 8.79. The van der Waals surface area contributed by atoms with Crippen molar-refractivity contribution >= 4 is 16.1 Å². The lowest BCUT2D eigenvalue weighted by Gasteiger charge is -1.99. The van der Waals surface area contributed by atoms with Crippen molar-refractivity contribution in [3.63, 3.8) is 0 Å². The maximum absolute atomic E-state index is 10.8. The SMILES string of the molecule is CCC=CC(=O)OCCCS(=O)(=O)O. The number of hydrogen-bond donors (Lipinski definition) is 1. The highest BCUT2D eigenvalue weighted by Gasteiger charge is 2.04. The van der Waals surface area contributed by atoms with Crippen LogP contribution in [0.1, 0.15) is 19.8 Å². The zero-order chi connectivity index (χ0) is 11.0. The fourth-order valence-corrected chi connectivity index (χ4v) is 1.16. The molecular weight excluding hydrogens is 208 g/mol. The second-order valence-electron chi connectivity index (χ2n) is 2.62. The smallest absolute Gasteiger partial charge is 0.330 e. The predicted octanol–water partition coefficient (Wildman–Crippen LogP) is 0.774. The Bertz CT molecular complexity index is 291. The first-order valence-corrected chi connectivity index (χ1v) is 5.85. The van der Waals surface area contributed by atoms with Crippen molar-refractivity contribution < 1.29 is 22.5 Å². The summed E-state index contributed by atoms with van der Waals surface area (Å²) >= 11 is 0. The van der Waals surface area contributed by atoms with Crippen molar-refractivity contribution in [3.05, 3.63) is 12.2 Å². The van der Waals surface area contributed by atoms with Gasteiger partial charge in [0.05, 0.1) is 12.4 Å². The molecule has 0 aliphatic carbocycles. The van der Waals surface area contributed by atoms with Gasteiger partial charge in [-0.05, 0) is 12.8 Å². The van der Waals surface area contributed by atoms with Gasteiger partial charge in [-0.2, -0.15) is 8.42 Å². The minimum Gasteiger partial charge on any atom is -0.463 e. The highest BCUT2D eigenvalue weighted by molar-refractivity contribution is 7.85. The number of ether oxygens (including phenoxy) is 1. The summed E-state index contributed by atoms with van der Waals surface area (Å²) in [4.78, 5) is 10.8. The third-order valence-electron chi connectivity index (χ3n) is 1.28. The van der Waals surface area contributed by atoms with E-state index in [0.29, 0.717) is 0 Å². The van der Waals surface area contributed by atoms with Gasteiger partial charge in [-0.3, -0.25) is 4.55 Å². The molecule has 0 aliphatic rings. The number of esters is 1. The number of rotatable bonds is 6. The minimum atomic E-state index is -3.95. The van der Waals surface area contributed by atoms with Crippen LogP contribution in [0.5, 0.6) is 0 Å². The Morgan fingerprint density at radius 2 is 2.14 bits per heavy atom. The van der Waals surface area contributed by atoms with E-state index in [1.807, 2.05) is 6.92 Å². The molecule has 1 N–H and O–H groups in total. The molecule has 0 fully saturated rings. The van der Waals surface area contributed by atoms with E-state index >= 15 is 0 Å². The molecule has 0 amide bonds. The van der Waals surface area contributed by atoms with Crippen molar-refractivity contribution in [2.45, 2.75) is 19.8 Å². The molecule has 0 saturated heterocycles. The van der Waals surface area contributed by atoms with E-state index in [1.165, 1.54) is 6.08 Å². The third kappa shape index (κ3) is 9.21. The number of hydrogen-bond acceptors (Lipinski definition) is 4. The maximum Gasteiger partial charge on any atom is 0.330 e. The van der Waals surface area contributed by atoms with Crippen LogP contribution in [0.25, 0.3) is 0 Å². The van der Waals surface area contributed by atoms with Gasteiger partial charge in [0.25, 0.3) is 10.1 Å². The largest absolute Gasteiger partial charge is 0.463 e. The molecule has 0 aromatic carbocycles. The van der Waals surface area contributed by atoms with Crippen LogP contribution >= 0.6 is 0 Å². The second-order valence-corrected chi connectivity index (χ2v) is 4.19. The molecular formula is C8H14O5S. The molecule has 14 heavy (non-hydrogen) atoms. The summed E-state index contributed by atoms with van der Waals surface area (Å²) in [5.41, 5.74) is 0. The first kappa shape index (κ1) is 13.1. The van der Waals surface area contributed by atoms with Gasteiger partial charge in [0.15, 0.2) is 0 Å². The van der Waals surface area contributed by atoms with Gasteiger partial charge in [-0.15, -0.1) is 0 Å². The summed E-state index contributed by atoms with van der Waals surface area (Å²) in [5.74, 6) is -0.889. The van der Waals surface area contributed by atoms with Gasteiger partial charge < -0.3 is 4.74 Å². The lowest BCUT2D eigenvalue weighted by molar-refractivity contribution is -0.137. The van der Waals surface area contributed by atoms with E-state index in [4.69, 9.17) is 4.55 Å². The monoisotopic (exact) mass is 222 g/mol. The van der Waals surface area contributed by atoms with Crippen molar-refractivity contribution in [2.24, 2.45) is 0 Å². The van der Waals surface area contributed by atoms with Crippen LogP contribution in [0.15, 0.2) is 12.2 Å². The van der Waals surface area contributed by atoms with Crippen LogP contribution in [0.2, 0.25) is 0 Å². The molecule has 5 nitrogen and oxygen atoms in total. The summed E-state index contributed by atoms with van der Waals surface area (Å²) in [5, 5.41) is 0. The third-order valence-corrected chi connectivity index (χ3v) is 2.09. The fourth-order valence-electron chi connectivity index (χ4n) is 0.676. The summed E-state index contributed by atoms with van der Waals surface area (Å²) in [6.45, 7) is 1.87. The van der Waals surface area contributed by atoms with Gasteiger partial charge in [0.2, 0.25) is 0 Å². The predicted molar refractivity (Wildman–Crippen MR) is 51.4 cm³/mol. The van der Waals surface area contributed by atoms with Crippen LogP contribution in [0, 0.1) is 0 Å². The zero-order valence-electron chi connectivity index (χ0n) is 7.97. The van der Waals surface area contributed by atoms with Crippen LogP contribution in [0.3, 0.4) is 0 Å². The fraction of sp³-hybridized carbons (Fsp3) is 0.625. The topological polar surface area (TPSA) is 80.7 Å². The van der Waals surface area contributed by atoms with Gasteiger partial charge in [0, 0.05) is 6.08 Å². The Kier molecular flexibility index (Phi) is 6.14. The molecule has 0 rings (SSSR count). The molecule has 0 bridgehead atoms. The van der Waals surface area contributed by atoms with E-state index < -0.39 is 21.8 Å². The first-order chi connectivity index (χ1) is 6.45. The van der Waals surface area contributed by atoms with Crippen LogP contribution in [-0.4, -0.2) is 31.3 Å². The lowest BCUT2D eigenvalue weighted by atomic mass is 10.4. The molecule has 0 unspecified atom stereocenters. The van der Waals surface area contributed by atoms with Crippen molar-refractivity contribution in [1.82, 2.24) is 0 Å². The summed E-state index contributed by atoms with van der Waals surface area (Å²) in [6.07, 6.45) is 3.77. The van der Waals surface area contributed by atoms with E-state index in [0.717, 1.165) is 6.42 Å². The van der Waals surface area contributed by atoms with Crippen molar-refractivity contribution in [3.8, 4) is 0 Å². The first-order valence-electron chi connectivity index (χ1n) is 4.24. The molecule has 82 valence electrons. The molecule has 0 aromatic heterocycles. The highest BCUT2D eigenvalue weighted by Crippen LogP contribution is 1.91. The van der Waals surface area contributed by atoms with Gasteiger partial charge in [-0.25, -0.2) is 4.79 Å². The van der Waals surface area contributed by atoms with Crippen molar-refractivity contribution in [1.29, 1.82) is 0 Å². The maximum atomic E-state index is 10.8. The van der Waals surface area contributed by atoms with Gasteiger partial charge in [-0.1, -0.05) is 13.0 Å². The van der Waals surface area contributed by atoms with E-state index in [9.17, 15) is 13.2 Å². The van der Waals surface area contributed by atoms with Crippen LogP contribution in [-0.2, 0) is 19.6 Å². The molecule has 0 aromatic rings. The van der Waals surface area contributed by atoms with Gasteiger partial charge in [0.1, 0.15) is 0 Å². The van der Waals surface area contributed by atoms with Gasteiger partial charge >= 0.3 is 5.97 Å². The average molecular weight is 222 g/mol. The standard InChI is InChI=1S/C8H14O5S/c1-2-3-5-8(9)13-6-4-7-14(10,11)12/h3,5H,2,4,6-7H2,1H3,(H,10,11,12). The molecule has 0 saturated carbocycles. The highest BCUT2D eigenvalue weighted by atomic mass is 32.2. The number of carbonyl (C=O) groups is 1. The molecule has 0 atom stereocenters. The van der Waals surface area contributed by atoms with E-state index in [1.54, 1.807) is 6.08 Å². The molecule has 0 aliphatic heterocycles. The number of allylic oxidation sites excluding steroid dienone is 1. The average Bonchev–Trinajstić information content (AvgIpc) is 2.07. The van der Waals surface area contributed by atoms with E-state index in [2.05, 4.69) is 4.74 Å². The Hall–Kier alpha value is -0.880. The minimum absolute atomic E-state index is 0.00726. The van der Waals surface area contributed by atoms with E-state index in [-0.39, 0.29) is 13.0 Å². The normalized spacial score (nSPS) is 11.9. The Balaban J connectivity index is 3.55. The van der Waals surface area contributed by atoms with Crippen LogP contribution in [0.4, 0.5) is 0 Å². The second kappa shape index (κ2) is 6.56.